The Morgan fingerprint density at radius 1 is 0.970 bits per heavy atom. The van der Waals surface area contributed by atoms with Crippen molar-refractivity contribution in [2.45, 2.75) is 18.4 Å². The molecule has 0 saturated carbocycles. The van der Waals surface area contributed by atoms with Crippen LogP contribution in [0.5, 0.6) is 11.5 Å². The Kier molecular flexibility index (Phi) is 7.17. The van der Waals surface area contributed by atoms with Gasteiger partial charge in [-0.15, -0.1) is 0 Å². The number of anilines is 2. The summed E-state index contributed by atoms with van der Waals surface area (Å²) >= 11 is 0. The third kappa shape index (κ3) is 5.58. The number of carbonyl (C=O) groups excluding carboxylic acids is 1. The highest BCUT2D eigenvalue weighted by molar-refractivity contribution is 7.92. The lowest BCUT2D eigenvalue weighted by molar-refractivity contribution is -0.0511. The van der Waals surface area contributed by atoms with Gasteiger partial charge in [0.15, 0.2) is 11.5 Å². The summed E-state index contributed by atoms with van der Waals surface area (Å²) in [5.74, 6) is -0.641. The summed E-state index contributed by atoms with van der Waals surface area (Å²) in [5.41, 5.74) is 1.77. The summed E-state index contributed by atoms with van der Waals surface area (Å²) in [6, 6.07) is 16.5. The molecule has 1 amide bonds. The number of sulfonamides is 1. The lowest BCUT2D eigenvalue weighted by Gasteiger charge is -2.20. The fraction of sp³-hybridized carbons (Fsp3) is 0.174. The number of benzene rings is 3. The second kappa shape index (κ2) is 9.86. The van der Waals surface area contributed by atoms with E-state index in [1.807, 2.05) is 6.92 Å². The summed E-state index contributed by atoms with van der Waals surface area (Å²) in [6.45, 7) is -1.19. The molecular weight excluding hydrogens is 454 g/mol. The zero-order valence-corrected chi connectivity index (χ0v) is 18.9. The summed E-state index contributed by atoms with van der Waals surface area (Å²) in [7, 11) is -1.03. The van der Waals surface area contributed by atoms with E-state index in [1.54, 1.807) is 12.1 Å². The van der Waals surface area contributed by atoms with Gasteiger partial charge in [0, 0.05) is 24.4 Å². The Balaban J connectivity index is 1.76. The van der Waals surface area contributed by atoms with Gasteiger partial charge in [0.2, 0.25) is 0 Å². The maximum absolute atomic E-state index is 12.8. The minimum atomic E-state index is -3.77. The van der Waals surface area contributed by atoms with Crippen LogP contribution >= 0.6 is 0 Å². The predicted molar refractivity (Wildman–Crippen MR) is 121 cm³/mol. The Morgan fingerprint density at radius 2 is 1.61 bits per heavy atom. The highest BCUT2D eigenvalue weighted by Gasteiger charge is 2.21. The first-order chi connectivity index (χ1) is 15.6. The zero-order chi connectivity index (χ0) is 24.2. The van der Waals surface area contributed by atoms with Crippen LogP contribution in [0.4, 0.5) is 20.2 Å². The molecule has 33 heavy (non-hydrogen) atoms. The molecule has 0 atom stereocenters. The quantitative estimate of drug-likeness (QED) is 0.510. The van der Waals surface area contributed by atoms with Crippen molar-refractivity contribution in [3.05, 3.63) is 77.9 Å². The number of nitrogens with zero attached hydrogens (tertiary/aromatic N) is 1. The average molecular weight is 477 g/mol. The van der Waals surface area contributed by atoms with E-state index >= 15 is 0 Å². The molecule has 0 aliphatic rings. The molecule has 1 N–H and O–H groups in total. The molecule has 0 radical (unpaired) electrons. The molecule has 0 fully saturated rings. The van der Waals surface area contributed by atoms with Gasteiger partial charge < -0.3 is 14.8 Å². The van der Waals surface area contributed by atoms with Gasteiger partial charge in [0.05, 0.1) is 17.7 Å². The van der Waals surface area contributed by atoms with Crippen molar-refractivity contribution in [3.63, 3.8) is 0 Å². The number of ether oxygens (including phenoxy) is 2. The van der Waals surface area contributed by atoms with Gasteiger partial charge in [0.1, 0.15) is 0 Å². The number of nitrogens with one attached hydrogen (secondary N) is 1. The monoisotopic (exact) mass is 476 g/mol. The molecule has 0 aliphatic carbocycles. The first-order valence-electron chi connectivity index (χ1n) is 9.71. The average Bonchev–Trinajstić information content (AvgIpc) is 2.78. The molecule has 10 heteroatoms. The summed E-state index contributed by atoms with van der Waals surface area (Å²) in [6.07, 6.45) is 0. The van der Waals surface area contributed by atoms with E-state index < -0.39 is 22.5 Å². The molecule has 3 aromatic rings. The van der Waals surface area contributed by atoms with Crippen molar-refractivity contribution in [1.82, 2.24) is 0 Å². The van der Waals surface area contributed by atoms with E-state index in [0.717, 1.165) is 9.87 Å². The second-order valence-corrected chi connectivity index (χ2v) is 9.00. The number of aryl methyl sites for hydroxylation is 1. The topological polar surface area (TPSA) is 84.9 Å². The SMILES string of the molecule is COc1ccc(NC(=O)c2ccc(N(C)S(=O)(=O)c3ccc(C)cc3)cc2)cc1OC(F)F. The Labute approximate surface area is 190 Å². The van der Waals surface area contributed by atoms with E-state index in [4.69, 9.17) is 4.74 Å². The highest BCUT2D eigenvalue weighted by Crippen LogP contribution is 2.31. The number of amides is 1. The molecule has 174 valence electrons. The number of alkyl halides is 2. The number of methoxy groups -OCH3 is 1. The molecule has 0 bridgehead atoms. The van der Waals surface area contributed by atoms with E-state index in [2.05, 4.69) is 10.1 Å². The van der Waals surface area contributed by atoms with Gasteiger partial charge >= 0.3 is 6.61 Å². The molecule has 0 aromatic heterocycles. The van der Waals surface area contributed by atoms with Gasteiger partial charge in [-0.1, -0.05) is 17.7 Å². The van der Waals surface area contributed by atoms with E-state index in [-0.39, 0.29) is 27.6 Å². The third-order valence-electron chi connectivity index (χ3n) is 4.81. The number of carbonyl (C=O) groups is 1. The van der Waals surface area contributed by atoms with Crippen LogP contribution in [0.3, 0.4) is 0 Å². The van der Waals surface area contributed by atoms with Gasteiger partial charge in [0.25, 0.3) is 15.9 Å². The summed E-state index contributed by atoms with van der Waals surface area (Å²) in [5, 5.41) is 2.58. The van der Waals surface area contributed by atoms with Gasteiger partial charge in [-0.2, -0.15) is 8.78 Å². The fourth-order valence-electron chi connectivity index (χ4n) is 2.98. The largest absolute Gasteiger partial charge is 0.493 e. The van der Waals surface area contributed by atoms with Crippen molar-refractivity contribution in [1.29, 1.82) is 0 Å². The van der Waals surface area contributed by atoms with Crippen molar-refractivity contribution >= 4 is 27.3 Å². The Bertz CT molecular complexity index is 1230. The maximum Gasteiger partial charge on any atom is 0.387 e. The molecular formula is C23H22F2N2O5S. The van der Waals surface area contributed by atoms with Crippen molar-refractivity contribution in [2.24, 2.45) is 0 Å². The molecule has 3 rings (SSSR count). The second-order valence-electron chi connectivity index (χ2n) is 7.03. The summed E-state index contributed by atoms with van der Waals surface area (Å²) < 4.78 is 61.4. The number of hydrogen-bond acceptors (Lipinski definition) is 5. The number of halogens is 2. The van der Waals surface area contributed by atoms with Crippen LogP contribution in [0.1, 0.15) is 15.9 Å². The molecule has 0 heterocycles. The van der Waals surface area contributed by atoms with Crippen LogP contribution in [0.15, 0.2) is 71.6 Å². The first kappa shape index (κ1) is 24.0. The maximum atomic E-state index is 12.8. The van der Waals surface area contributed by atoms with E-state index in [1.165, 1.54) is 68.8 Å². The van der Waals surface area contributed by atoms with Crippen LogP contribution in [0.2, 0.25) is 0 Å². The molecule has 7 nitrogen and oxygen atoms in total. The molecule has 0 spiro atoms. The molecule has 0 saturated heterocycles. The van der Waals surface area contributed by atoms with Crippen molar-refractivity contribution < 1.29 is 31.5 Å². The van der Waals surface area contributed by atoms with Crippen LogP contribution in [0.25, 0.3) is 0 Å². The minimum Gasteiger partial charge on any atom is -0.493 e. The smallest absolute Gasteiger partial charge is 0.387 e. The molecule has 0 unspecified atom stereocenters. The highest BCUT2D eigenvalue weighted by atomic mass is 32.2. The standard InChI is InChI=1S/C23H22F2N2O5S/c1-15-4-11-19(12-5-15)33(29,30)27(2)18-9-6-16(7-10-18)22(28)26-17-8-13-20(31-3)21(14-17)32-23(24)25/h4-14,23H,1-3H3,(H,26,28). The van der Waals surface area contributed by atoms with Gasteiger partial charge in [-0.3, -0.25) is 9.10 Å². The van der Waals surface area contributed by atoms with Crippen LogP contribution in [-0.4, -0.2) is 35.1 Å². The molecule has 0 aliphatic heterocycles. The van der Waals surface area contributed by atoms with E-state index in [9.17, 15) is 22.0 Å². The third-order valence-corrected chi connectivity index (χ3v) is 6.61. The lowest BCUT2D eigenvalue weighted by Crippen LogP contribution is -2.26. The van der Waals surface area contributed by atoms with Crippen molar-refractivity contribution in [3.8, 4) is 11.5 Å². The van der Waals surface area contributed by atoms with Crippen LogP contribution in [0, 0.1) is 6.92 Å². The number of rotatable bonds is 8. The van der Waals surface area contributed by atoms with Gasteiger partial charge in [-0.25, -0.2) is 8.42 Å². The normalized spacial score (nSPS) is 11.2. The fourth-order valence-corrected chi connectivity index (χ4v) is 4.17. The minimum absolute atomic E-state index is 0.0930. The Hall–Kier alpha value is -3.66. The summed E-state index contributed by atoms with van der Waals surface area (Å²) in [4.78, 5) is 12.7. The number of hydrogen-bond donors (Lipinski definition) is 1. The zero-order valence-electron chi connectivity index (χ0n) is 18.1. The van der Waals surface area contributed by atoms with E-state index in [0.29, 0.717) is 5.69 Å². The molecule has 3 aromatic carbocycles. The predicted octanol–water partition coefficient (Wildman–Crippen LogP) is 4.68. The van der Waals surface area contributed by atoms with Gasteiger partial charge in [-0.05, 0) is 55.5 Å². The van der Waals surface area contributed by atoms with Crippen molar-refractivity contribution in [2.75, 3.05) is 23.8 Å². The first-order valence-corrected chi connectivity index (χ1v) is 11.2. The lowest BCUT2D eigenvalue weighted by atomic mass is 10.2. The van der Waals surface area contributed by atoms with Crippen LogP contribution in [-0.2, 0) is 10.0 Å². The Morgan fingerprint density at radius 3 is 2.18 bits per heavy atom. The van der Waals surface area contributed by atoms with Crippen LogP contribution < -0.4 is 19.1 Å².